The lowest BCUT2D eigenvalue weighted by molar-refractivity contribution is -0.147. The summed E-state index contributed by atoms with van der Waals surface area (Å²) in [5.41, 5.74) is 5.88. The van der Waals surface area contributed by atoms with E-state index in [0.717, 1.165) is 15.0 Å². The Labute approximate surface area is 172 Å². The number of carbonyl (C=O) groups excluding carboxylic acids is 3. The number of fused-ring (bicyclic) bond motifs is 1. The minimum atomic E-state index is -0.534. The molecule has 2 N–H and O–H groups in total. The fraction of sp³-hybridized carbons (Fsp3) is 0.400. The third-order valence-electron chi connectivity index (χ3n) is 5.12. The Morgan fingerprint density at radius 1 is 1.38 bits per heavy atom. The molecule has 3 rings (SSSR count). The molecular formula is C20H24N4O4S. The molecule has 0 spiro atoms. The predicted octanol–water partition coefficient (Wildman–Crippen LogP) is 1.90. The number of carbonyl (C=O) groups is 3. The zero-order chi connectivity index (χ0) is 21.0. The van der Waals surface area contributed by atoms with Crippen molar-refractivity contribution in [3.63, 3.8) is 0 Å². The minimum Gasteiger partial charge on any atom is -0.469 e. The van der Waals surface area contributed by atoms with Gasteiger partial charge in [-0.25, -0.2) is 4.98 Å². The van der Waals surface area contributed by atoms with E-state index in [4.69, 9.17) is 5.73 Å². The molecule has 0 aliphatic carbocycles. The molecule has 0 atom stereocenters. The van der Waals surface area contributed by atoms with Gasteiger partial charge in [-0.05, 0) is 31.1 Å². The van der Waals surface area contributed by atoms with Crippen LogP contribution in [0.15, 0.2) is 24.4 Å². The van der Waals surface area contributed by atoms with Gasteiger partial charge < -0.3 is 20.3 Å². The molecule has 3 heterocycles. The number of thiophene rings is 1. The van der Waals surface area contributed by atoms with E-state index < -0.39 is 5.97 Å². The number of hydrogen-bond acceptors (Lipinski definition) is 7. The highest BCUT2D eigenvalue weighted by Gasteiger charge is 2.27. The fourth-order valence-corrected chi connectivity index (χ4v) is 4.32. The number of pyridine rings is 1. The molecule has 9 heteroatoms. The Morgan fingerprint density at radius 3 is 2.76 bits per heavy atom. The van der Waals surface area contributed by atoms with Gasteiger partial charge in [-0.3, -0.25) is 14.4 Å². The maximum atomic E-state index is 12.6. The number of likely N-dealkylation sites (N-methyl/N-ethyl adjacent to an activating group) is 1. The molecule has 8 nitrogen and oxygen atoms in total. The number of amides is 2. The van der Waals surface area contributed by atoms with Crippen molar-refractivity contribution >= 4 is 51.1 Å². The summed E-state index contributed by atoms with van der Waals surface area (Å²) >= 11 is 1.55. The summed E-state index contributed by atoms with van der Waals surface area (Å²) in [4.78, 5) is 44.2. The Hall–Kier alpha value is -2.94. The lowest BCUT2D eigenvalue weighted by atomic mass is 10.0. The lowest BCUT2D eigenvalue weighted by Gasteiger charge is -2.36. The van der Waals surface area contributed by atoms with Crippen LogP contribution in [0.4, 0.5) is 5.82 Å². The van der Waals surface area contributed by atoms with E-state index in [1.54, 1.807) is 46.5 Å². The number of ether oxygens (including phenoxy) is 1. The van der Waals surface area contributed by atoms with Gasteiger partial charge in [-0.2, -0.15) is 0 Å². The highest BCUT2D eigenvalue weighted by atomic mass is 32.1. The SMILES string of the molecule is COC(=O)CC(=O)N1CCC(N(C)C(=O)C=Cc2cc3c(N)nccc3s2)CC1. The summed E-state index contributed by atoms with van der Waals surface area (Å²) in [6, 6.07) is 3.88. The van der Waals surface area contributed by atoms with Crippen LogP contribution in [0, 0.1) is 0 Å². The number of aromatic nitrogens is 1. The van der Waals surface area contributed by atoms with Gasteiger partial charge in [0.2, 0.25) is 11.8 Å². The average molecular weight is 417 g/mol. The first-order valence-electron chi connectivity index (χ1n) is 9.32. The summed E-state index contributed by atoms with van der Waals surface area (Å²) in [7, 11) is 3.04. The van der Waals surface area contributed by atoms with Crippen LogP contribution in [-0.2, 0) is 19.1 Å². The summed E-state index contributed by atoms with van der Waals surface area (Å²) in [6.07, 6.45) is 6.12. The van der Waals surface area contributed by atoms with Crippen LogP contribution < -0.4 is 5.73 Å². The summed E-state index contributed by atoms with van der Waals surface area (Å²) in [5, 5.41) is 0.891. The van der Waals surface area contributed by atoms with Crippen molar-refractivity contribution in [2.45, 2.75) is 25.3 Å². The largest absolute Gasteiger partial charge is 0.469 e. The Morgan fingerprint density at radius 2 is 2.10 bits per heavy atom. The second kappa shape index (κ2) is 9.04. The monoisotopic (exact) mass is 416 g/mol. The molecule has 1 aliphatic rings. The summed E-state index contributed by atoms with van der Waals surface area (Å²) < 4.78 is 5.56. The highest BCUT2D eigenvalue weighted by Crippen LogP contribution is 2.29. The van der Waals surface area contributed by atoms with Crippen molar-refractivity contribution in [1.29, 1.82) is 0 Å². The molecule has 2 aromatic rings. The van der Waals surface area contributed by atoms with Crippen LogP contribution in [0.2, 0.25) is 0 Å². The van der Waals surface area contributed by atoms with E-state index >= 15 is 0 Å². The third kappa shape index (κ3) is 4.92. The first kappa shape index (κ1) is 20.8. The normalized spacial score (nSPS) is 15.0. The lowest BCUT2D eigenvalue weighted by Crippen LogP contribution is -2.47. The van der Waals surface area contributed by atoms with Gasteiger partial charge in [0.05, 0.1) is 7.11 Å². The molecule has 1 saturated heterocycles. The Kier molecular flexibility index (Phi) is 6.48. The number of methoxy groups -OCH3 is 1. The molecule has 2 aromatic heterocycles. The molecule has 1 fully saturated rings. The van der Waals surface area contributed by atoms with Gasteiger partial charge in [0, 0.05) is 53.4 Å². The topological polar surface area (TPSA) is 106 Å². The van der Waals surface area contributed by atoms with Gasteiger partial charge >= 0.3 is 5.97 Å². The molecule has 29 heavy (non-hydrogen) atoms. The smallest absolute Gasteiger partial charge is 0.315 e. The van der Waals surface area contributed by atoms with Crippen LogP contribution in [0.5, 0.6) is 0 Å². The molecule has 0 bridgehead atoms. The average Bonchev–Trinajstić information content (AvgIpc) is 3.16. The van der Waals surface area contributed by atoms with Crippen molar-refractivity contribution in [2.24, 2.45) is 0 Å². The molecule has 0 unspecified atom stereocenters. The standard InChI is InChI=1S/C20H24N4O4S/c1-23(13-6-9-24(10-7-13)18(26)12-19(27)28-2)17(25)4-3-14-11-15-16(29-14)5-8-22-20(15)21/h3-5,8,11,13H,6-7,9-10,12H2,1-2H3,(H2,21,22). The molecular weight excluding hydrogens is 392 g/mol. The fourth-order valence-electron chi connectivity index (χ4n) is 3.35. The molecule has 1 aliphatic heterocycles. The van der Waals surface area contributed by atoms with Gasteiger partial charge in [0.25, 0.3) is 0 Å². The summed E-state index contributed by atoms with van der Waals surface area (Å²) in [6.45, 7) is 1.04. The van der Waals surface area contributed by atoms with Crippen LogP contribution in [0.1, 0.15) is 24.1 Å². The van der Waals surface area contributed by atoms with Gasteiger partial charge in [0.15, 0.2) is 0 Å². The van der Waals surface area contributed by atoms with E-state index in [0.29, 0.717) is 31.7 Å². The number of hydrogen-bond donors (Lipinski definition) is 1. The first-order valence-corrected chi connectivity index (χ1v) is 10.1. The van der Waals surface area contributed by atoms with Crippen LogP contribution >= 0.6 is 11.3 Å². The Balaban J connectivity index is 1.55. The number of esters is 1. The van der Waals surface area contributed by atoms with E-state index in [1.165, 1.54) is 7.11 Å². The number of likely N-dealkylation sites (tertiary alicyclic amines) is 1. The number of rotatable bonds is 5. The second-order valence-electron chi connectivity index (χ2n) is 6.90. The highest BCUT2D eigenvalue weighted by molar-refractivity contribution is 7.19. The van der Waals surface area contributed by atoms with E-state index in [1.807, 2.05) is 12.1 Å². The zero-order valence-electron chi connectivity index (χ0n) is 16.5. The Bertz CT molecular complexity index is 947. The summed E-state index contributed by atoms with van der Waals surface area (Å²) in [5.74, 6) is -0.376. The predicted molar refractivity (Wildman–Crippen MR) is 112 cm³/mol. The molecule has 154 valence electrons. The van der Waals surface area contributed by atoms with Crippen LogP contribution in [0.25, 0.3) is 16.2 Å². The second-order valence-corrected chi connectivity index (χ2v) is 8.02. The van der Waals surface area contributed by atoms with Crippen molar-refractivity contribution in [3.05, 3.63) is 29.3 Å². The van der Waals surface area contributed by atoms with E-state index in [-0.39, 0.29) is 24.3 Å². The number of nitrogen functional groups attached to an aromatic ring is 1. The molecule has 2 amide bonds. The third-order valence-corrected chi connectivity index (χ3v) is 6.19. The number of piperidine rings is 1. The number of nitrogens with two attached hydrogens (primary N) is 1. The van der Waals surface area contributed by atoms with Gasteiger partial charge in [-0.15, -0.1) is 11.3 Å². The van der Waals surface area contributed by atoms with Crippen molar-refractivity contribution in [2.75, 3.05) is 33.0 Å². The van der Waals surface area contributed by atoms with Crippen LogP contribution in [-0.4, -0.2) is 65.9 Å². The molecule has 0 saturated carbocycles. The van der Waals surface area contributed by atoms with Gasteiger partial charge in [-0.1, -0.05) is 0 Å². The van der Waals surface area contributed by atoms with E-state index in [2.05, 4.69) is 9.72 Å². The number of anilines is 1. The quantitative estimate of drug-likeness (QED) is 0.453. The van der Waals surface area contributed by atoms with Crippen molar-refractivity contribution in [3.8, 4) is 0 Å². The molecule has 0 radical (unpaired) electrons. The maximum Gasteiger partial charge on any atom is 0.315 e. The van der Waals surface area contributed by atoms with E-state index in [9.17, 15) is 14.4 Å². The first-order chi connectivity index (χ1) is 13.9. The van der Waals surface area contributed by atoms with Gasteiger partial charge in [0.1, 0.15) is 12.2 Å². The molecule has 0 aromatic carbocycles. The van der Waals surface area contributed by atoms with Crippen molar-refractivity contribution < 1.29 is 19.1 Å². The maximum absolute atomic E-state index is 12.6. The van der Waals surface area contributed by atoms with Crippen molar-refractivity contribution in [1.82, 2.24) is 14.8 Å². The number of nitrogens with zero attached hydrogens (tertiary/aromatic N) is 3. The zero-order valence-corrected chi connectivity index (χ0v) is 17.3. The van der Waals surface area contributed by atoms with Crippen LogP contribution in [0.3, 0.4) is 0 Å². The minimum absolute atomic E-state index is 0.0524.